The van der Waals surface area contributed by atoms with Gasteiger partial charge in [0, 0.05) is 38.0 Å². The Hall–Kier alpha value is -1.38. The highest BCUT2D eigenvalue weighted by Gasteiger charge is 2.44. The van der Waals surface area contributed by atoms with Gasteiger partial charge in [-0.05, 0) is 51.3 Å². The predicted molar refractivity (Wildman–Crippen MR) is 119 cm³/mol. The van der Waals surface area contributed by atoms with Crippen molar-refractivity contribution in [3.05, 3.63) is 35.6 Å². The van der Waals surface area contributed by atoms with Gasteiger partial charge in [-0.2, -0.15) is 0 Å². The van der Waals surface area contributed by atoms with Crippen LogP contribution in [-0.4, -0.2) is 49.5 Å². The van der Waals surface area contributed by atoms with Crippen LogP contribution in [0.15, 0.2) is 29.3 Å². The highest BCUT2D eigenvalue weighted by Crippen LogP contribution is 2.48. The number of amides is 1. The lowest BCUT2D eigenvalue weighted by atomic mass is 9.96. The summed E-state index contributed by atoms with van der Waals surface area (Å²) in [6, 6.07) is 6.75. The molecule has 0 saturated heterocycles. The van der Waals surface area contributed by atoms with Crippen molar-refractivity contribution in [1.82, 2.24) is 15.5 Å². The second-order valence-corrected chi connectivity index (χ2v) is 6.73. The van der Waals surface area contributed by atoms with E-state index in [0.717, 1.165) is 44.0 Å². The minimum Gasteiger partial charge on any atom is -0.357 e. The molecule has 0 unspecified atom stereocenters. The zero-order chi connectivity index (χ0) is 19.0. The number of carbonyl (C=O) groups excluding carboxylic acids is 1. The van der Waals surface area contributed by atoms with E-state index in [1.54, 1.807) is 0 Å². The molecule has 1 fully saturated rings. The fraction of sp³-hybridized carbons (Fsp3) is 0.600. The molecule has 1 saturated carbocycles. The Balaban J connectivity index is 0.00000364. The quantitative estimate of drug-likeness (QED) is 0.318. The lowest BCUT2D eigenvalue weighted by molar-refractivity contribution is -0.130. The summed E-state index contributed by atoms with van der Waals surface area (Å²) in [7, 11) is 0. The highest BCUT2D eigenvalue weighted by atomic mass is 127. The summed E-state index contributed by atoms with van der Waals surface area (Å²) in [6.45, 7) is 9.47. The number of guanidine groups is 1. The average Bonchev–Trinajstić information content (AvgIpc) is 3.42. The summed E-state index contributed by atoms with van der Waals surface area (Å²) in [4.78, 5) is 18.6. The Morgan fingerprint density at radius 1 is 1.15 bits per heavy atom. The van der Waals surface area contributed by atoms with E-state index < -0.39 is 0 Å². The molecule has 1 aromatic rings. The largest absolute Gasteiger partial charge is 0.357 e. The average molecular weight is 490 g/mol. The van der Waals surface area contributed by atoms with Crippen molar-refractivity contribution < 1.29 is 9.18 Å². The van der Waals surface area contributed by atoms with Gasteiger partial charge in [-0.3, -0.25) is 9.79 Å². The standard InChI is InChI=1S/C20H31FN4O.HI/c1-4-22-19(23-14-11-18(26)25(5-2)6-3)24-15-20(12-13-20)16-7-9-17(21)10-8-16;/h7-10H,4-6,11-15H2,1-3H3,(H2,22,23,24);1H. The van der Waals surface area contributed by atoms with E-state index in [2.05, 4.69) is 10.6 Å². The number of nitrogens with zero attached hydrogens (tertiary/aromatic N) is 2. The van der Waals surface area contributed by atoms with E-state index in [0.29, 0.717) is 19.5 Å². The molecule has 5 nitrogen and oxygen atoms in total. The van der Waals surface area contributed by atoms with Gasteiger partial charge in [0.15, 0.2) is 5.96 Å². The third-order valence-corrected chi connectivity index (χ3v) is 4.94. The number of hydrogen-bond acceptors (Lipinski definition) is 2. The molecule has 0 heterocycles. The summed E-state index contributed by atoms with van der Waals surface area (Å²) >= 11 is 0. The van der Waals surface area contributed by atoms with Crippen LogP contribution in [0.1, 0.15) is 45.6 Å². The molecule has 7 heteroatoms. The molecule has 0 bridgehead atoms. The molecule has 0 radical (unpaired) electrons. The third-order valence-electron chi connectivity index (χ3n) is 4.94. The van der Waals surface area contributed by atoms with Crippen LogP contribution in [0.3, 0.4) is 0 Å². The monoisotopic (exact) mass is 490 g/mol. The summed E-state index contributed by atoms with van der Waals surface area (Å²) < 4.78 is 13.1. The van der Waals surface area contributed by atoms with Gasteiger partial charge < -0.3 is 15.5 Å². The van der Waals surface area contributed by atoms with E-state index in [1.807, 2.05) is 37.8 Å². The van der Waals surface area contributed by atoms with Crippen LogP contribution >= 0.6 is 24.0 Å². The number of hydrogen-bond donors (Lipinski definition) is 2. The number of carbonyl (C=O) groups is 1. The number of nitrogens with one attached hydrogen (secondary N) is 2. The van der Waals surface area contributed by atoms with Crippen molar-refractivity contribution in [1.29, 1.82) is 0 Å². The summed E-state index contributed by atoms with van der Waals surface area (Å²) in [5.74, 6) is 0.678. The summed E-state index contributed by atoms with van der Waals surface area (Å²) in [5.41, 5.74) is 1.18. The first-order valence-electron chi connectivity index (χ1n) is 9.60. The van der Waals surface area contributed by atoms with Crippen LogP contribution in [0.25, 0.3) is 0 Å². The number of aliphatic imine (C=N–C) groups is 1. The van der Waals surface area contributed by atoms with Crippen molar-refractivity contribution in [3.8, 4) is 0 Å². The van der Waals surface area contributed by atoms with E-state index in [-0.39, 0.29) is 41.1 Å². The Morgan fingerprint density at radius 2 is 1.78 bits per heavy atom. The highest BCUT2D eigenvalue weighted by molar-refractivity contribution is 14.0. The molecule has 152 valence electrons. The van der Waals surface area contributed by atoms with Gasteiger partial charge in [-0.25, -0.2) is 4.39 Å². The molecule has 0 aliphatic heterocycles. The predicted octanol–water partition coefficient (Wildman–Crippen LogP) is 3.29. The maximum atomic E-state index is 13.1. The lowest BCUT2D eigenvalue weighted by Crippen LogP contribution is -2.40. The molecule has 1 aliphatic rings. The van der Waals surface area contributed by atoms with Gasteiger partial charge >= 0.3 is 0 Å². The molecule has 0 aromatic heterocycles. The smallest absolute Gasteiger partial charge is 0.224 e. The van der Waals surface area contributed by atoms with E-state index in [4.69, 9.17) is 4.99 Å². The maximum absolute atomic E-state index is 13.1. The van der Waals surface area contributed by atoms with E-state index in [9.17, 15) is 9.18 Å². The minimum absolute atomic E-state index is 0. The first-order valence-corrected chi connectivity index (χ1v) is 9.60. The maximum Gasteiger partial charge on any atom is 0.224 e. The van der Waals surface area contributed by atoms with E-state index >= 15 is 0 Å². The molecule has 27 heavy (non-hydrogen) atoms. The number of halogens is 2. The van der Waals surface area contributed by atoms with Crippen LogP contribution in [0.4, 0.5) is 4.39 Å². The topological polar surface area (TPSA) is 56.7 Å². The van der Waals surface area contributed by atoms with Gasteiger partial charge in [0.05, 0.1) is 6.54 Å². The van der Waals surface area contributed by atoms with Gasteiger partial charge in [0.2, 0.25) is 5.91 Å². The molecule has 1 aromatic carbocycles. The number of rotatable bonds is 9. The molecule has 1 amide bonds. The first kappa shape index (κ1) is 23.7. The minimum atomic E-state index is -0.207. The fourth-order valence-corrected chi connectivity index (χ4v) is 3.09. The van der Waals surface area contributed by atoms with Crippen molar-refractivity contribution >= 4 is 35.8 Å². The second kappa shape index (κ2) is 11.5. The van der Waals surface area contributed by atoms with Crippen LogP contribution in [0.2, 0.25) is 0 Å². The number of benzene rings is 1. The molecular weight excluding hydrogens is 458 g/mol. The Bertz CT molecular complexity index is 613. The molecule has 0 spiro atoms. The van der Waals surface area contributed by atoms with Crippen molar-refractivity contribution in [2.45, 2.75) is 45.4 Å². The molecule has 0 atom stereocenters. The first-order chi connectivity index (χ1) is 12.5. The molecular formula is C20H32FIN4O. The summed E-state index contributed by atoms with van der Waals surface area (Å²) in [6.07, 6.45) is 2.60. The van der Waals surface area contributed by atoms with Crippen molar-refractivity contribution in [2.75, 3.05) is 32.7 Å². The van der Waals surface area contributed by atoms with Crippen molar-refractivity contribution in [2.24, 2.45) is 4.99 Å². The van der Waals surface area contributed by atoms with Gasteiger partial charge in [-0.15, -0.1) is 24.0 Å². The van der Waals surface area contributed by atoms with E-state index in [1.165, 1.54) is 12.1 Å². The van der Waals surface area contributed by atoms with Gasteiger partial charge in [0.25, 0.3) is 0 Å². The van der Waals surface area contributed by atoms with Crippen molar-refractivity contribution in [3.63, 3.8) is 0 Å². The Labute approximate surface area is 179 Å². The molecule has 1 aliphatic carbocycles. The second-order valence-electron chi connectivity index (χ2n) is 6.73. The zero-order valence-electron chi connectivity index (χ0n) is 16.6. The van der Waals surface area contributed by atoms with Crippen LogP contribution in [0, 0.1) is 5.82 Å². The van der Waals surface area contributed by atoms with Crippen LogP contribution in [-0.2, 0) is 10.2 Å². The summed E-state index contributed by atoms with van der Waals surface area (Å²) in [5, 5.41) is 6.48. The zero-order valence-corrected chi connectivity index (χ0v) is 18.9. The molecule has 2 N–H and O–H groups in total. The SMILES string of the molecule is CCNC(=NCC1(c2ccc(F)cc2)CC1)NCCC(=O)N(CC)CC.I. The van der Waals surface area contributed by atoms with Gasteiger partial charge in [-0.1, -0.05) is 12.1 Å². The van der Waals surface area contributed by atoms with Gasteiger partial charge in [0.1, 0.15) is 5.82 Å². The Morgan fingerprint density at radius 3 is 2.30 bits per heavy atom. The Kier molecular flexibility index (Phi) is 10.0. The van der Waals surface area contributed by atoms with Crippen LogP contribution in [0.5, 0.6) is 0 Å². The lowest BCUT2D eigenvalue weighted by Gasteiger charge is -2.19. The third kappa shape index (κ3) is 6.93. The normalized spacial score (nSPS) is 14.9. The molecule has 2 rings (SSSR count). The van der Waals surface area contributed by atoms with Crippen LogP contribution < -0.4 is 10.6 Å². The fourth-order valence-electron chi connectivity index (χ4n) is 3.09.